The van der Waals surface area contributed by atoms with Gasteiger partial charge in [0.1, 0.15) is 12.3 Å². The standard InChI is InChI=1S/C42H27N3O/c1-3-10-27(11-4-1)31-14-9-15-32(24-31)40-41(45-36-17-8-7-16-35(36)44-40)33-21-19-28-18-20-30-22-23-37-42(39(30)34(28)25-33)46-26-38(43-37)29-12-5-2-6-13-29/h1-25H,26H2. The van der Waals surface area contributed by atoms with Crippen molar-refractivity contribution in [3.8, 4) is 39.4 Å². The van der Waals surface area contributed by atoms with Crippen LogP contribution in [0.2, 0.25) is 0 Å². The van der Waals surface area contributed by atoms with Gasteiger partial charge in [-0.3, -0.25) is 0 Å². The lowest BCUT2D eigenvalue weighted by Gasteiger charge is -2.20. The Hall–Kier alpha value is -6.13. The van der Waals surface area contributed by atoms with E-state index in [-0.39, 0.29) is 0 Å². The second kappa shape index (κ2) is 10.8. The number of para-hydroxylation sites is 2. The highest BCUT2D eigenvalue weighted by molar-refractivity contribution is 6.15. The summed E-state index contributed by atoms with van der Waals surface area (Å²) in [6.07, 6.45) is 0. The van der Waals surface area contributed by atoms with Gasteiger partial charge in [0.05, 0.1) is 28.1 Å². The maximum absolute atomic E-state index is 6.50. The van der Waals surface area contributed by atoms with E-state index in [9.17, 15) is 0 Å². The van der Waals surface area contributed by atoms with Crippen molar-refractivity contribution >= 4 is 44.0 Å². The van der Waals surface area contributed by atoms with Crippen LogP contribution in [-0.2, 0) is 0 Å². The zero-order chi connectivity index (χ0) is 30.5. The molecule has 2 heterocycles. The van der Waals surface area contributed by atoms with Crippen LogP contribution in [0.4, 0.5) is 5.69 Å². The maximum atomic E-state index is 6.50. The molecule has 0 saturated carbocycles. The zero-order valence-electron chi connectivity index (χ0n) is 24.9. The van der Waals surface area contributed by atoms with Gasteiger partial charge in [0.25, 0.3) is 0 Å². The Bertz CT molecular complexity index is 2470. The first-order chi connectivity index (χ1) is 22.8. The summed E-state index contributed by atoms with van der Waals surface area (Å²) in [6, 6.07) is 52.4. The third-order valence-corrected chi connectivity index (χ3v) is 8.74. The Kier molecular flexibility index (Phi) is 6.17. The number of aromatic nitrogens is 2. The van der Waals surface area contributed by atoms with Crippen molar-refractivity contribution in [1.82, 2.24) is 9.97 Å². The predicted octanol–water partition coefficient (Wildman–Crippen LogP) is 10.5. The molecule has 7 aromatic carbocycles. The van der Waals surface area contributed by atoms with Crippen molar-refractivity contribution in [2.75, 3.05) is 6.61 Å². The molecule has 216 valence electrons. The van der Waals surface area contributed by atoms with Crippen LogP contribution in [0.15, 0.2) is 157 Å². The lowest BCUT2D eigenvalue weighted by molar-refractivity contribution is 0.377. The molecule has 1 aliphatic heterocycles. The van der Waals surface area contributed by atoms with Gasteiger partial charge in [0.15, 0.2) is 5.75 Å². The quantitative estimate of drug-likeness (QED) is 0.192. The molecule has 4 nitrogen and oxygen atoms in total. The molecule has 9 rings (SSSR count). The molecule has 0 fully saturated rings. The lowest BCUT2D eigenvalue weighted by atomic mass is 9.95. The van der Waals surface area contributed by atoms with Crippen molar-refractivity contribution in [3.05, 3.63) is 157 Å². The lowest BCUT2D eigenvalue weighted by Crippen LogP contribution is -2.16. The Labute approximate surface area is 266 Å². The summed E-state index contributed by atoms with van der Waals surface area (Å²) in [5.74, 6) is 0.820. The highest BCUT2D eigenvalue weighted by Crippen LogP contribution is 2.43. The largest absolute Gasteiger partial charge is 0.484 e. The van der Waals surface area contributed by atoms with E-state index < -0.39 is 0 Å². The average molecular weight is 590 g/mol. The molecular weight excluding hydrogens is 562 g/mol. The second-order valence-corrected chi connectivity index (χ2v) is 11.6. The molecule has 1 aliphatic rings. The normalized spacial score (nSPS) is 12.6. The van der Waals surface area contributed by atoms with Gasteiger partial charge in [-0.15, -0.1) is 0 Å². The molecule has 8 aromatic rings. The molecule has 0 saturated heterocycles. The van der Waals surface area contributed by atoms with Gasteiger partial charge < -0.3 is 4.74 Å². The van der Waals surface area contributed by atoms with E-state index in [1.54, 1.807) is 0 Å². The molecule has 46 heavy (non-hydrogen) atoms. The Morgan fingerprint density at radius 1 is 0.457 bits per heavy atom. The van der Waals surface area contributed by atoms with E-state index in [2.05, 4.69) is 103 Å². The van der Waals surface area contributed by atoms with Crippen LogP contribution in [0.25, 0.3) is 66.2 Å². The second-order valence-electron chi connectivity index (χ2n) is 11.6. The molecule has 0 radical (unpaired) electrons. The first-order valence-corrected chi connectivity index (χ1v) is 15.5. The van der Waals surface area contributed by atoms with Gasteiger partial charge in [0, 0.05) is 16.5 Å². The summed E-state index contributed by atoms with van der Waals surface area (Å²) in [4.78, 5) is 15.5. The Balaban J connectivity index is 1.25. The molecule has 0 atom stereocenters. The summed E-state index contributed by atoms with van der Waals surface area (Å²) < 4.78 is 6.50. The summed E-state index contributed by atoms with van der Waals surface area (Å²) in [7, 11) is 0. The van der Waals surface area contributed by atoms with Gasteiger partial charge in [-0.25, -0.2) is 15.0 Å². The highest BCUT2D eigenvalue weighted by Gasteiger charge is 2.20. The van der Waals surface area contributed by atoms with Crippen molar-refractivity contribution < 1.29 is 4.74 Å². The van der Waals surface area contributed by atoms with Crippen LogP contribution in [0.5, 0.6) is 5.75 Å². The van der Waals surface area contributed by atoms with Gasteiger partial charge >= 0.3 is 0 Å². The summed E-state index contributed by atoms with van der Waals surface area (Å²) in [5.41, 5.74) is 10.6. The van der Waals surface area contributed by atoms with Crippen molar-refractivity contribution in [2.45, 2.75) is 0 Å². The smallest absolute Gasteiger partial charge is 0.153 e. The maximum Gasteiger partial charge on any atom is 0.153 e. The monoisotopic (exact) mass is 589 g/mol. The van der Waals surface area contributed by atoms with Crippen LogP contribution >= 0.6 is 0 Å². The zero-order valence-corrected chi connectivity index (χ0v) is 24.9. The fourth-order valence-corrected chi connectivity index (χ4v) is 6.46. The molecule has 1 aromatic heterocycles. The molecule has 0 aliphatic carbocycles. The van der Waals surface area contributed by atoms with E-state index in [1.807, 2.05) is 48.5 Å². The fourth-order valence-electron chi connectivity index (χ4n) is 6.46. The number of rotatable bonds is 4. The molecule has 0 N–H and O–H groups in total. The van der Waals surface area contributed by atoms with Gasteiger partial charge in [-0.2, -0.15) is 0 Å². The number of ether oxygens (including phenoxy) is 1. The third-order valence-electron chi connectivity index (χ3n) is 8.74. The van der Waals surface area contributed by atoms with Crippen molar-refractivity contribution in [2.24, 2.45) is 4.99 Å². The molecule has 0 unspecified atom stereocenters. The minimum Gasteiger partial charge on any atom is -0.484 e. The number of benzene rings is 7. The minimum absolute atomic E-state index is 0.421. The number of nitrogens with zero attached hydrogens (tertiary/aromatic N) is 3. The van der Waals surface area contributed by atoms with E-state index in [0.717, 1.165) is 83.4 Å². The molecule has 0 amide bonds. The van der Waals surface area contributed by atoms with Crippen LogP contribution < -0.4 is 4.74 Å². The molecule has 0 spiro atoms. The SMILES string of the molecule is c1ccc(C2=Nc3ccc4ccc5ccc(-c6nc7ccccc7nc6-c6cccc(-c7ccccc7)c6)cc5c4c3OC2)cc1. The van der Waals surface area contributed by atoms with Crippen molar-refractivity contribution in [1.29, 1.82) is 0 Å². The van der Waals surface area contributed by atoms with Gasteiger partial charge in [-0.1, -0.05) is 121 Å². The number of hydrogen-bond acceptors (Lipinski definition) is 4. The third kappa shape index (κ3) is 4.51. The average Bonchev–Trinajstić information content (AvgIpc) is 3.14. The number of hydrogen-bond donors (Lipinski definition) is 0. The highest BCUT2D eigenvalue weighted by atomic mass is 16.5. The Morgan fingerprint density at radius 3 is 1.80 bits per heavy atom. The van der Waals surface area contributed by atoms with Crippen LogP contribution in [0.1, 0.15) is 5.56 Å². The van der Waals surface area contributed by atoms with E-state index in [0.29, 0.717) is 6.61 Å². The Morgan fingerprint density at radius 2 is 1.04 bits per heavy atom. The van der Waals surface area contributed by atoms with E-state index >= 15 is 0 Å². The summed E-state index contributed by atoms with van der Waals surface area (Å²) in [6.45, 7) is 0.421. The number of fused-ring (bicyclic) bond motifs is 6. The first-order valence-electron chi connectivity index (χ1n) is 15.5. The van der Waals surface area contributed by atoms with Gasteiger partial charge in [0.2, 0.25) is 0 Å². The van der Waals surface area contributed by atoms with Crippen molar-refractivity contribution in [3.63, 3.8) is 0 Å². The summed E-state index contributed by atoms with van der Waals surface area (Å²) >= 11 is 0. The van der Waals surface area contributed by atoms with E-state index in [4.69, 9.17) is 19.7 Å². The minimum atomic E-state index is 0.421. The molecule has 0 bridgehead atoms. The van der Waals surface area contributed by atoms with Crippen LogP contribution in [0.3, 0.4) is 0 Å². The molecule has 4 heteroatoms. The topological polar surface area (TPSA) is 47.4 Å². The summed E-state index contributed by atoms with van der Waals surface area (Å²) in [5, 5.41) is 4.41. The predicted molar refractivity (Wildman–Crippen MR) is 189 cm³/mol. The fraction of sp³-hybridized carbons (Fsp3) is 0.0238. The van der Waals surface area contributed by atoms with Gasteiger partial charge in [-0.05, 0) is 63.2 Å². The van der Waals surface area contributed by atoms with Crippen LogP contribution in [-0.4, -0.2) is 22.3 Å². The van der Waals surface area contributed by atoms with Crippen LogP contribution in [0, 0.1) is 0 Å². The molecular formula is C42H27N3O. The number of aliphatic imine (C=N–C) groups is 1. The van der Waals surface area contributed by atoms with E-state index in [1.165, 1.54) is 5.56 Å². The first kappa shape index (κ1) is 26.3.